The normalized spacial score (nSPS) is 9.70. The minimum atomic E-state index is -0.677. The van der Waals surface area contributed by atoms with Crippen LogP contribution < -0.4 is 11.1 Å². The number of benzene rings is 1. The Hall–Kier alpha value is -2.57. The fourth-order valence-electron chi connectivity index (χ4n) is 1.53. The lowest BCUT2D eigenvalue weighted by Gasteiger charge is -2.16. The zero-order valence-electron chi connectivity index (χ0n) is 11.4. The van der Waals surface area contributed by atoms with Crippen LogP contribution in [0.2, 0.25) is 0 Å². The second kappa shape index (κ2) is 7.13. The number of primary amides is 1. The average molecular weight is 279 g/mol. The third kappa shape index (κ3) is 4.60. The molecular weight excluding hydrogens is 262 g/mol. The molecule has 1 aromatic rings. The van der Waals surface area contributed by atoms with Crippen molar-refractivity contribution in [2.45, 2.75) is 6.92 Å². The summed E-state index contributed by atoms with van der Waals surface area (Å²) >= 11 is 0. The Labute approximate surface area is 116 Å². The summed E-state index contributed by atoms with van der Waals surface area (Å²) in [4.78, 5) is 35.2. The first-order chi connectivity index (χ1) is 9.43. The summed E-state index contributed by atoms with van der Waals surface area (Å²) in [5.41, 5.74) is 5.86. The van der Waals surface area contributed by atoms with Crippen LogP contribution in [-0.2, 0) is 9.53 Å². The highest BCUT2D eigenvalue weighted by Gasteiger charge is 2.15. The number of urea groups is 1. The largest absolute Gasteiger partial charge is 0.465 e. The number of rotatable bonds is 5. The van der Waals surface area contributed by atoms with Crippen molar-refractivity contribution in [3.8, 4) is 0 Å². The highest BCUT2D eigenvalue weighted by Crippen LogP contribution is 2.11. The topological polar surface area (TPSA) is 102 Å². The molecule has 0 heterocycles. The van der Waals surface area contributed by atoms with E-state index in [9.17, 15) is 14.4 Å². The van der Waals surface area contributed by atoms with E-state index in [1.54, 1.807) is 19.1 Å². The number of nitrogens with zero attached hydrogens (tertiary/aromatic N) is 1. The molecule has 0 fully saturated rings. The fourth-order valence-corrected chi connectivity index (χ4v) is 1.53. The van der Waals surface area contributed by atoms with Crippen molar-refractivity contribution < 1.29 is 19.1 Å². The lowest BCUT2D eigenvalue weighted by molar-refractivity contribution is -0.143. The molecule has 0 unspecified atom stereocenters. The molecule has 0 saturated carbocycles. The van der Waals surface area contributed by atoms with Crippen LogP contribution in [0.4, 0.5) is 10.5 Å². The van der Waals surface area contributed by atoms with Gasteiger partial charge in [-0.3, -0.25) is 9.59 Å². The summed E-state index contributed by atoms with van der Waals surface area (Å²) in [5.74, 6) is -0.779. The van der Waals surface area contributed by atoms with Gasteiger partial charge < -0.3 is 20.7 Å². The fraction of sp³-hybridized carbons (Fsp3) is 0.308. The van der Waals surface area contributed by atoms with E-state index in [2.05, 4.69) is 5.32 Å². The number of nitrogens with two attached hydrogens (primary N) is 1. The molecule has 0 saturated heterocycles. The van der Waals surface area contributed by atoms with Gasteiger partial charge in [0.2, 0.25) is 0 Å². The molecule has 0 radical (unpaired) electrons. The van der Waals surface area contributed by atoms with E-state index in [1.165, 1.54) is 24.1 Å². The van der Waals surface area contributed by atoms with Gasteiger partial charge >= 0.3 is 12.0 Å². The molecule has 0 aromatic heterocycles. The number of carbonyl (C=O) groups is 3. The minimum Gasteiger partial charge on any atom is -0.465 e. The standard InChI is InChI=1S/C13H17N3O4/c1-3-20-11(17)8-16(2)12(18)9-4-6-10(7-5-9)15-13(14)19/h4-7H,3,8H2,1-2H3,(H3,14,15,19). The van der Waals surface area contributed by atoms with Crippen LogP contribution in [0.1, 0.15) is 17.3 Å². The molecule has 0 aliphatic carbocycles. The molecule has 1 rings (SSSR count). The summed E-state index contributed by atoms with van der Waals surface area (Å²) < 4.78 is 4.77. The lowest BCUT2D eigenvalue weighted by Crippen LogP contribution is -2.33. The zero-order valence-corrected chi connectivity index (χ0v) is 11.4. The van der Waals surface area contributed by atoms with Crippen molar-refractivity contribution >= 4 is 23.6 Å². The van der Waals surface area contributed by atoms with Gasteiger partial charge in [0.15, 0.2) is 0 Å². The highest BCUT2D eigenvalue weighted by atomic mass is 16.5. The molecule has 0 aliphatic rings. The quantitative estimate of drug-likeness (QED) is 0.779. The predicted molar refractivity (Wildman–Crippen MR) is 73.2 cm³/mol. The number of amides is 3. The van der Waals surface area contributed by atoms with Gasteiger partial charge in [-0.05, 0) is 31.2 Å². The third-order valence-corrected chi connectivity index (χ3v) is 2.42. The van der Waals surface area contributed by atoms with E-state index in [0.717, 1.165) is 0 Å². The van der Waals surface area contributed by atoms with Gasteiger partial charge in [-0.1, -0.05) is 0 Å². The molecule has 20 heavy (non-hydrogen) atoms. The number of esters is 1. The third-order valence-electron chi connectivity index (χ3n) is 2.42. The first-order valence-electron chi connectivity index (χ1n) is 6.01. The zero-order chi connectivity index (χ0) is 15.1. The molecule has 1 aromatic carbocycles. The van der Waals surface area contributed by atoms with Gasteiger partial charge in [-0.25, -0.2) is 4.79 Å². The van der Waals surface area contributed by atoms with Crippen LogP contribution in [0.3, 0.4) is 0 Å². The van der Waals surface area contributed by atoms with Crippen LogP contribution in [-0.4, -0.2) is 43.0 Å². The Bertz CT molecular complexity index is 499. The monoisotopic (exact) mass is 279 g/mol. The maximum atomic E-state index is 12.0. The molecule has 0 atom stereocenters. The number of carbonyl (C=O) groups excluding carboxylic acids is 3. The number of likely N-dealkylation sites (N-methyl/N-ethyl adjacent to an activating group) is 1. The van der Waals surface area contributed by atoms with Crippen LogP contribution in [0.15, 0.2) is 24.3 Å². The van der Waals surface area contributed by atoms with E-state index in [4.69, 9.17) is 10.5 Å². The predicted octanol–water partition coefficient (Wildman–Crippen LogP) is 0.812. The summed E-state index contributed by atoms with van der Waals surface area (Å²) in [5, 5.41) is 2.39. The van der Waals surface area contributed by atoms with Gasteiger partial charge in [-0.15, -0.1) is 0 Å². The Morgan fingerprint density at radius 1 is 1.25 bits per heavy atom. The highest BCUT2D eigenvalue weighted by molar-refractivity contribution is 5.96. The van der Waals surface area contributed by atoms with Crippen molar-refractivity contribution in [2.75, 3.05) is 25.5 Å². The Kier molecular flexibility index (Phi) is 5.52. The average Bonchev–Trinajstić information content (AvgIpc) is 2.38. The molecule has 7 nitrogen and oxygen atoms in total. The molecule has 108 valence electrons. The minimum absolute atomic E-state index is 0.117. The van der Waals surface area contributed by atoms with Gasteiger partial charge in [-0.2, -0.15) is 0 Å². The van der Waals surface area contributed by atoms with Crippen LogP contribution in [0.5, 0.6) is 0 Å². The number of nitrogens with one attached hydrogen (secondary N) is 1. The number of ether oxygens (including phenoxy) is 1. The lowest BCUT2D eigenvalue weighted by atomic mass is 10.2. The second-order valence-electron chi connectivity index (χ2n) is 4.03. The van der Waals surface area contributed by atoms with Crippen molar-refractivity contribution in [3.05, 3.63) is 29.8 Å². The van der Waals surface area contributed by atoms with Crippen molar-refractivity contribution in [2.24, 2.45) is 5.73 Å². The van der Waals surface area contributed by atoms with E-state index >= 15 is 0 Å². The van der Waals surface area contributed by atoms with E-state index in [-0.39, 0.29) is 19.1 Å². The van der Waals surface area contributed by atoms with Gasteiger partial charge in [0, 0.05) is 18.3 Å². The first kappa shape index (κ1) is 15.5. The second-order valence-corrected chi connectivity index (χ2v) is 4.03. The number of anilines is 1. The Balaban J connectivity index is 2.67. The molecule has 3 N–H and O–H groups in total. The van der Waals surface area contributed by atoms with Crippen LogP contribution in [0, 0.1) is 0 Å². The van der Waals surface area contributed by atoms with Crippen molar-refractivity contribution in [1.82, 2.24) is 4.90 Å². The number of hydrogen-bond acceptors (Lipinski definition) is 4. The Morgan fingerprint density at radius 2 is 1.85 bits per heavy atom. The van der Waals surface area contributed by atoms with Gasteiger partial charge in [0.05, 0.1) is 6.61 Å². The van der Waals surface area contributed by atoms with Crippen LogP contribution >= 0.6 is 0 Å². The summed E-state index contributed by atoms with van der Waals surface area (Å²) in [6.07, 6.45) is 0. The van der Waals surface area contributed by atoms with E-state index in [0.29, 0.717) is 11.3 Å². The molecule has 0 bridgehead atoms. The maximum absolute atomic E-state index is 12.0. The van der Waals surface area contributed by atoms with Gasteiger partial charge in [0.25, 0.3) is 5.91 Å². The number of hydrogen-bond donors (Lipinski definition) is 2. The summed E-state index contributed by atoms with van der Waals surface area (Å²) in [6, 6.07) is 5.50. The van der Waals surface area contributed by atoms with Crippen molar-refractivity contribution in [3.63, 3.8) is 0 Å². The van der Waals surface area contributed by atoms with Crippen LogP contribution in [0.25, 0.3) is 0 Å². The van der Waals surface area contributed by atoms with E-state index in [1.807, 2.05) is 0 Å². The van der Waals surface area contributed by atoms with Crippen molar-refractivity contribution in [1.29, 1.82) is 0 Å². The smallest absolute Gasteiger partial charge is 0.325 e. The molecule has 0 spiro atoms. The summed E-state index contributed by atoms with van der Waals surface area (Å²) in [7, 11) is 1.51. The van der Waals surface area contributed by atoms with E-state index < -0.39 is 12.0 Å². The molecular formula is C13H17N3O4. The molecule has 3 amide bonds. The maximum Gasteiger partial charge on any atom is 0.325 e. The molecule has 0 aliphatic heterocycles. The first-order valence-corrected chi connectivity index (χ1v) is 6.01. The molecule has 7 heteroatoms. The van der Waals surface area contributed by atoms with Gasteiger partial charge in [0.1, 0.15) is 6.54 Å². The Morgan fingerprint density at radius 3 is 2.35 bits per heavy atom. The SMILES string of the molecule is CCOC(=O)CN(C)C(=O)c1ccc(NC(N)=O)cc1. The summed E-state index contributed by atoms with van der Waals surface area (Å²) in [6.45, 7) is 1.85.